The number of carbonyl (C=O) groups is 3. The second kappa shape index (κ2) is 10.2. The summed E-state index contributed by atoms with van der Waals surface area (Å²) in [6.07, 6.45) is 4.53. The summed E-state index contributed by atoms with van der Waals surface area (Å²) in [5.41, 5.74) is 0. The van der Waals surface area contributed by atoms with Crippen LogP contribution in [0.5, 0.6) is 0 Å². The van der Waals surface area contributed by atoms with Gasteiger partial charge in [-0.25, -0.2) is 0 Å². The first-order valence-electron chi connectivity index (χ1n) is 10.4. The Morgan fingerprint density at radius 2 is 1.97 bits per heavy atom. The number of thiophene rings is 1. The highest BCUT2D eigenvalue weighted by atomic mass is 32.1. The predicted octanol–water partition coefficient (Wildman–Crippen LogP) is 2.13. The molecule has 8 heteroatoms. The van der Waals surface area contributed by atoms with Gasteiger partial charge in [0.25, 0.3) is 5.91 Å². The Hall–Kier alpha value is -1.93. The van der Waals surface area contributed by atoms with E-state index in [1.54, 1.807) is 11.0 Å². The number of hydrogen-bond donors (Lipinski definition) is 1. The molecule has 2 aliphatic heterocycles. The van der Waals surface area contributed by atoms with Gasteiger partial charge in [-0.1, -0.05) is 6.07 Å². The van der Waals surface area contributed by atoms with Crippen LogP contribution in [0.15, 0.2) is 17.5 Å². The van der Waals surface area contributed by atoms with Crippen molar-refractivity contribution in [3.05, 3.63) is 22.4 Å². The number of amides is 3. The van der Waals surface area contributed by atoms with Gasteiger partial charge in [0.2, 0.25) is 11.8 Å². The Morgan fingerprint density at radius 1 is 1.21 bits per heavy atom. The van der Waals surface area contributed by atoms with Gasteiger partial charge >= 0.3 is 0 Å². The highest BCUT2D eigenvalue weighted by Crippen LogP contribution is 2.26. The maximum absolute atomic E-state index is 13.4. The van der Waals surface area contributed by atoms with Crippen molar-refractivity contribution in [2.24, 2.45) is 5.92 Å². The van der Waals surface area contributed by atoms with E-state index in [0.717, 1.165) is 25.8 Å². The molecule has 2 saturated heterocycles. The minimum absolute atomic E-state index is 0.0174. The maximum Gasteiger partial charge on any atom is 0.262 e. The summed E-state index contributed by atoms with van der Waals surface area (Å²) in [5.74, 6) is -0.182. The van der Waals surface area contributed by atoms with Gasteiger partial charge in [0, 0.05) is 32.8 Å². The maximum atomic E-state index is 13.4. The molecule has 1 N–H and O–H groups in total. The Morgan fingerprint density at radius 3 is 2.59 bits per heavy atom. The largest absolute Gasteiger partial charge is 0.375 e. The Labute approximate surface area is 176 Å². The van der Waals surface area contributed by atoms with E-state index in [2.05, 4.69) is 12.2 Å². The van der Waals surface area contributed by atoms with E-state index >= 15 is 0 Å². The summed E-state index contributed by atoms with van der Waals surface area (Å²) in [6.45, 7) is 4.08. The van der Waals surface area contributed by atoms with E-state index in [4.69, 9.17) is 4.74 Å². The molecule has 0 spiro atoms. The molecule has 2 aliphatic rings. The highest BCUT2D eigenvalue weighted by Gasteiger charge is 2.38. The molecular weight excluding hydrogens is 390 g/mol. The molecule has 0 bridgehead atoms. The van der Waals surface area contributed by atoms with E-state index in [1.807, 2.05) is 16.3 Å². The van der Waals surface area contributed by atoms with Gasteiger partial charge in [-0.05, 0) is 56.4 Å². The molecule has 3 heterocycles. The van der Waals surface area contributed by atoms with Crippen molar-refractivity contribution in [3.63, 3.8) is 0 Å². The minimum atomic E-state index is -0.551. The first-order chi connectivity index (χ1) is 14.0. The summed E-state index contributed by atoms with van der Waals surface area (Å²) < 4.78 is 4.95. The van der Waals surface area contributed by atoms with Crippen LogP contribution in [-0.2, 0) is 14.3 Å². The molecule has 2 unspecified atom stereocenters. The van der Waals surface area contributed by atoms with Crippen LogP contribution in [-0.4, -0.2) is 73.0 Å². The number of nitrogens with zero attached hydrogens (tertiary/aromatic N) is 2. The zero-order valence-corrected chi connectivity index (χ0v) is 18.1. The lowest BCUT2D eigenvalue weighted by atomic mass is 9.87. The van der Waals surface area contributed by atoms with Crippen LogP contribution in [0.4, 0.5) is 0 Å². The third kappa shape index (κ3) is 5.36. The van der Waals surface area contributed by atoms with Crippen molar-refractivity contribution in [2.45, 2.75) is 51.1 Å². The minimum Gasteiger partial charge on any atom is -0.375 e. The first kappa shape index (κ1) is 21.8. The molecule has 2 atom stereocenters. The molecule has 2 fully saturated rings. The SMILES string of the molecule is COCC(=O)N1CCC(C(NC(=O)c2cccs2)C(=O)N2CCCCC2C)CC1. The lowest BCUT2D eigenvalue weighted by Crippen LogP contribution is -2.57. The van der Waals surface area contributed by atoms with E-state index in [-0.39, 0.29) is 36.3 Å². The summed E-state index contributed by atoms with van der Waals surface area (Å²) in [6, 6.07) is 3.26. The zero-order chi connectivity index (χ0) is 20.8. The van der Waals surface area contributed by atoms with Crippen molar-refractivity contribution in [3.8, 4) is 0 Å². The molecule has 0 radical (unpaired) electrons. The quantitative estimate of drug-likeness (QED) is 0.763. The third-order valence-corrected chi connectivity index (χ3v) is 6.88. The van der Waals surface area contributed by atoms with E-state index < -0.39 is 6.04 Å². The van der Waals surface area contributed by atoms with Crippen LogP contribution in [0.1, 0.15) is 48.7 Å². The van der Waals surface area contributed by atoms with Crippen molar-refractivity contribution in [1.82, 2.24) is 15.1 Å². The van der Waals surface area contributed by atoms with Gasteiger partial charge in [0.15, 0.2) is 0 Å². The number of likely N-dealkylation sites (tertiary alicyclic amines) is 2. The fourth-order valence-corrected chi connectivity index (χ4v) is 4.93. The fraction of sp³-hybridized carbons (Fsp3) is 0.667. The molecular formula is C21H31N3O4S. The summed E-state index contributed by atoms with van der Waals surface area (Å²) in [7, 11) is 1.51. The monoisotopic (exact) mass is 421 g/mol. The van der Waals surface area contributed by atoms with Crippen LogP contribution in [0.2, 0.25) is 0 Å². The zero-order valence-electron chi connectivity index (χ0n) is 17.3. The number of ether oxygens (including phenoxy) is 1. The number of methoxy groups -OCH3 is 1. The smallest absolute Gasteiger partial charge is 0.262 e. The molecule has 7 nitrogen and oxygen atoms in total. The molecule has 0 aliphatic carbocycles. The highest BCUT2D eigenvalue weighted by molar-refractivity contribution is 7.12. The van der Waals surface area contributed by atoms with Crippen molar-refractivity contribution in [2.75, 3.05) is 33.4 Å². The number of hydrogen-bond acceptors (Lipinski definition) is 5. The lowest BCUT2D eigenvalue weighted by molar-refractivity contribution is -0.139. The van der Waals surface area contributed by atoms with Gasteiger partial charge < -0.3 is 19.9 Å². The number of nitrogens with one attached hydrogen (secondary N) is 1. The first-order valence-corrected chi connectivity index (χ1v) is 11.3. The topological polar surface area (TPSA) is 79.0 Å². The van der Waals surface area contributed by atoms with Crippen LogP contribution in [0.3, 0.4) is 0 Å². The van der Waals surface area contributed by atoms with Crippen molar-refractivity contribution < 1.29 is 19.1 Å². The van der Waals surface area contributed by atoms with E-state index in [1.165, 1.54) is 18.4 Å². The summed E-state index contributed by atoms with van der Waals surface area (Å²) in [4.78, 5) is 42.6. The predicted molar refractivity (Wildman–Crippen MR) is 112 cm³/mol. The average molecular weight is 422 g/mol. The number of piperidine rings is 2. The van der Waals surface area contributed by atoms with Gasteiger partial charge in [0.1, 0.15) is 12.6 Å². The Kier molecular flexibility index (Phi) is 7.66. The lowest BCUT2D eigenvalue weighted by Gasteiger charge is -2.40. The van der Waals surface area contributed by atoms with Gasteiger partial charge in [-0.3, -0.25) is 14.4 Å². The molecule has 29 heavy (non-hydrogen) atoms. The van der Waals surface area contributed by atoms with Gasteiger partial charge in [-0.2, -0.15) is 0 Å². The Balaban J connectivity index is 1.71. The molecule has 160 valence electrons. The molecule has 3 rings (SSSR count). The molecule has 0 saturated carbocycles. The molecule has 0 aromatic carbocycles. The van der Waals surface area contributed by atoms with Gasteiger partial charge in [-0.15, -0.1) is 11.3 Å². The molecule has 1 aromatic heterocycles. The van der Waals surface area contributed by atoms with Crippen LogP contribution >= 0.6 is 11.3 Å². The third-order valence-electron chi connectivity index (χ3n) is 6.02. The number of carbonyl (C=O) groups excluding carboxylic acids is 3. The van der Waals surface area contributed by atoms with Gasteiger partial charge in [0.05, 0.1) is 4.88 Å². The standard InChI is InChI=1S/C21H31N3O4S/c1-15-6-3-4-10-24(15)21(27)19(22-20(26)17-7-5-13-29-17)16-8-11-23(12-9-16)18(25)14-28-2/h5,7,13,15-16,19H,3-4,6,8-12,14H2,1-2H3,(H,22,26). The fourth-order valence-electron chi connectivity index (χ4n) is 4.30. The molecule has 1 aromatic rings. The summed E-state index contributed by atoms with van der Waals surface area (Å²) >= 11 is 1.37. The summed E-state index contributed by atoms with van der Waals surface area (Å²) in [5, 5.41) is 4.89. The van der Waals surface area contributed by atoms with Crippen LogP contribution in [0.25, 0.3) is 0 Å². The molecule has 3 amide bonds. The number of rotatable bonds is 6. The second-order valence-electron chi connectivity index (χ2n) is 7.96. The van der Waals surface area contributed by atoms with Crippen LogP contribution in [0, 0.1) is 5.92 Å². The Bertz CT molecular complexity index is 701. The second-order valence-corrected chi connectivity index (χ2v) is 8.90. The van der Waals surface area contributed by atoms with Crippen molar-refractivity contribution in [1.29, 1.82) is 0 Å². The van der Waals surface area contributed by atoms with Crippen molar-refractivity contribution >= 4 is 29.1 Å². The van der Waals surface area contributed by atoms with E-state index in [0.29, 0.717) is 30.8 Å². The average Bonchev–Trinajstić information content (AvgIpc) is 3.27. The van der Waals surface area contributed by atoms with E-state index in [9.17, 15) is 14.4 Å². The van der Waals surface area contributed by atoms with Crippen LogP contribution < -0.4 is 5.32 Å². The normalized spacial score (nSPS) is 21.7.